The van der Waals surface area contributed by atoms with Crippen molar-refractivity contribution in [3.63, 3.8) is 0 Å². The van der Waals surface area contributed by atoms with E-state index in [4.69, 9.17) is 4.74 Å². The predicted molar refractivity (Wildman–Crippen MR) is 40.4 cm³/mol. The molecule has 0 N–H and O–H groups in total. The molecule has 0 aliphatic rings. The van der Waals surface area contributed by atoms with E-state index in [1.165, 1.54) is 6.42 Å². The molecule has 0 unspecified atom stereocenters. The smallest absolute Gasteiger partial charge is 0.309 e. The summed E-state index contributed by atoms with van der Waals surface area (Å²) in [7, 11) is 0. The highest BCUT2D eigenvalue weighted by atomic mass is 16.5. The number of esters is 1. The maximum absolute atomic E-state index is 10.7. The van der Waals surface area contributed by atoms with Crippen LogP contribution in [0.4, 0.5) is 0 Å². The Bertz CT molecular complexity index is 95.4. The van der Waals surface area contributed by atoms with Crippen LogP contribution in [0.3, 0.4) is 0 Å². The summed E-state index contributed by atoms with van der Waals surface area (Å²) in [5.74, 6) is -0.214. The molecule has 0 heterocycles. The molecule has 0 atom stereocenters. The monoisotopic (exact) mass is 143 g/mol. The van der Waals surface area contributed by atoms with Gasteiger partial charge in [0.05, 0.1) is 6.42 Å². The van der Waals surface area contributed by atoms with Crippen molar-refractivity contribution in [1.82, 2.24) is 0 Å². The summed E-state index contributed by atoms with van der Waals surface area (Å²) in [6.07, 6.45) is 3.34. The SMILES string of the molecule is C[CH]C(=O)OC(CC)CC. The fourth-order valence-electron chi connectivity index (χ4n) is 0.688. The van der Waals surface area contributed by atoms with Crippen LogP contribution < -0.4 is 0 Å². The highest BCUT2D eigenvalue weighted by Crippen LogP contribution is 2.03. The van der Waals surface area contributed by atoms with E-state index >= 15 is 0 Å². The zero-order valence-corrected chi connectivity index (χ0v) is 6.89. The number of carbonyl (C=O) groups excluding carboxylic acids is 1. The first-order valence-electron chi connectivity index (χ1n) is 3.74. The molecule has 2 nitrogen and oxygen atoms in total. The molecule has 0 aromatic carbocycles. The highest BCUT2D eigenvalue weighted by molar-refractivity contribution is 5.78. The van der Waals surface area contributed by atoms with Crippen LogP contribution in [-0.2, 0) is 9.53 Å². The molecule has 59 valence electrons. The van der Waals surface area contributed by atoms with Gasteiger partial charge in [-0.25, -0.2) is 0 Å². The van der Waals surface area contributed by atoms with Crippen LogP contribution in [0.15, 0.2) is 0 Å². The minimum Gasteiger partial charge on any atom is -0.462 e. The molecule has 0 aliphatic heterocycles. The fourth-order valence-corrected chi connectivity index (χ4v) is 0.688. The van der Waals surface area contributed by atoms with E-state index in [0.29, 0.717) is 0 Å². The molecular formula is C8H15O2. The summed E-state index contributed by atoms with van der Waals surface area (Å²) in [6, 6.07) is 0. The zero-order valence-electron chi connectivity index (χ0n) is 6.89. The third kappa shape index (κ3) is 3.49. The Labute approximate surface area is 62.6 Å². The Kier molecular flexibility index (Phi) is 4.99. The summed E-state index contributed by atoms with van der Waals surface area (Å²) in [4.78, 5) is 10.7. The minimum atomic E-state index is -0.214. The average Bonchev–Trinajstić information content (AvgIpc) is 1.99. The van der Waals surface area contributed by atoms with Crippen molar-refractivity contribution in [1.29, 1.82) is 0 Å². The van der Waals surface area contributed by atoms with E-state index in [9.17, 15) is 4.79 Å². The summed E-state index contributed by atoms with van der Waals surface area (Å²) in [5, 5.41) is 0. The average molecular weight is 143 g/mol. The first-order valence-corrected chi connectivity index (χ1v) is 3.74. The van der Waals surface area contributed by atoms with Crippen molar-refractivity contribution in [2.45, 2.75) is 39.7 Å². The first kappa shape index (κ1) is 9.47. The number of carbonyl (C=O) groups is 1. The van der Waals surface area contributed by atoms with Crippen molar-refractivity contribution in [2.75, 3.05) is 0 Å². The molecule has 0 bridgehead atoms. The number of hydrogen-bond donors (Lipinski definition) is 0. The van der Waals surface area contributed by atoms with Crippen LogP contribution in [0, 0.1) is 6.42 Å². The third-order valence-electron chi connectivity index (χ3n) is 1.43. The Morgan fingerprint density at radius 2 is 2.00 bits per heavy atom. The van der Waals surface area contributed by atoms with E-state index in [0.717, 1.165) is 12.8 Å². The summed E-state index contributed by atoms with van der Waals surface area (Å²) < 4.78 is 5.00. The first-order chi connectivity index (χ1) is 4.74. The van der Waals surface area contributed by atoms with Gasteiger partial charge in [-0.15, -0.1) is 0 Å². The molecule has 10 heavy (non-hydrogen) atoms. The molecule has 0 fully saturated rings. The van der Waals surface area contributed by atoms with Gasteiger partial charge >= 0.3 is 5.97 Å². The third-order valence-corrected chi connectivity index (χ3v) is 1.43. The zero-order chi connectivity index (χ0) is 7.98. The van der Waals surface area contributed by atoms with Gasteiger partial charge in [-0.1, -0.05) is 20.8 Å². The van der Waals surface area contributed by atoms with Crippen LogP contribution in [0.1, 0.15) is 33.6 Å². The molecule has 1 radical (unpaired) electrons. The van der Waals surface area contributed by atoms with Gasteiger partial charge in [-0.2, -0.15) is 0 Å². The van der Waals surface area contributed by atoms with Gasteiger partial charge in [-0.3, -0.25) is 4.79 Å². The number of ether oxygens (including phenoxy) is 1. The number of hydrogen-bond acceptors (Lipinski definition) is 2. The van der Waals surface area contributed by atoms with E-state index in [1.807, 2.05) is 13.8 Å². The second-order valence-electron chi connectivity index (χ2n) is 2.16. The van der Waals surface area contributed by atoms with Gasteiger partial charge in [0.15, 0.2) is 0 Å². The van der Waals surface area contributed by atoms with Crippen molar-refractivity contribution in [2.24, 2.45) is 0 Å². The lowest BCUT2D eigenvalue weighted by Gasteiger charge is -2.12. The van der Waals surface area contributed by atoms with Gasteiger partial charge in [0, 0.05) is 0 Å². The molecule has 0 aliphatic carbocycles. The molecule has 0 rings (SSSR count). The van der Waals surface area contributed by atoms with Gasteiger partial charge in [0.1, 0.15) is 6.10 Å². The lowest BCUT2D eigenvalue weighted by atomic mass is 10.2. The summed E-state index contributed by atoms with van der Waals surface area (Å²) in [6.45, 7) is 5.71. The van der Waals surface area contributed by atoms with E-state index in [1.54, 1.807) is 6.92 Å². The van der Waals surface area contributed by atoms with Crippen LogP contribution in [0.5, 0.6) is 0 Å². The summed E-state index contributed by atoms with van der Waals surface area (Å²) >= 11 is 0. The van der Waals surface area contributed by atoms with E-state index in [-0.39, 0.29) is 12.1 Å². The standard InChI is InChI=1S/C8H15O2/c1-4-7(5-2)10-8(9)6-3/h6-7H,4-5H2,1-3H3. The predicted octanol–water partition coefficient (Wildman–Crippen LogP) is 1.94. The second-order valence-corrected chi connectivity index (χ2v) is 2.16. The van der Waals surface area contributed by atoms with Crippen molar-refractivity contribution in [3.05, 3.63) is 6.42 Å². The van der Waals surface area contributed by atoms with E-state index < -0.39 is 0 Å². The van der Waals surface area contributed by atoms with Gasteiger partial charge in [-0.05, 0) is 12.8 Å². The Morgan fingerprint density at radius 3 is 2.30 bits per heavy atom. The maximum Gasteiger partial charge on any atom is 0.309 e. The van der Waals surface area contributed by atoms with Crippen LogP contribution in [-0.4, -0.2) is 12.1 Å². The van der Waals surface area contributed by atoms with Crippen LogP contribution >= 0.6 is 0 Å². The molecule has 0 aromatic heterocycles. The minimum absolute atomic E-state index is 0.101. The molecular weight excluding hydrogens is 128 g/mol. The molecule has 0 amide bonds. The molecule has 0 aromatic rings. The largest absolute Gasteiger partial charge is 0.462 e. The number of rotatable bonds is 4. The highest BCUT2D eigenvalue weighted by Gasteiger charge is 2.07. The van der Waals surface area contributed by atoms with Crippen molar-refractivity contribution >= 4 is 5.97 Å². The van der Waals surface area contributed by atoms with Crippen LogP contribution in [0.25, 0.3) is 0 Å². The second kappa shape index (κ2) is 5.27. The maximum atomic E-state index is 10.7. The fraction of sp³-hybridized carbons (Fsp3) is 0.750. The van der Waals surface area contributed by atoms with Crippen LogP contribution in [0.2, 0.25) is 0 Å². The van der Waals surface area contributed by atoms with Crippen molar-refractivity contribution in [3.8, 4) is 0 Å². The quantitative estimate of drug-likeness (QED) is 0.562. The van der Waals surface area contributed by atoms with E-state index in [2.05, 4.69) is 0 Å². The topological polar surface area (TPSA) is 26.3 Å². The Hall–Kier alpha value is -0.530. The van der Waals surface area contributed by atoms with Gasteiger partial charge in [0.25, 0.3) is 0 Å². The molecule has 2 heteroatoms. The molecule has 0 saturated carbocycles. The van der Waals surface area contributed by atoms with Crippen molar-refractivity contribution < 1.29 is 9.53 Å². The normalized spacial score (nSPS) is 10.0. The molecule has 0 saturated heterocycles. The lowest BCUT2D eigenvalue weighted by Crippen LogP contribution is -2.15. The summed E-state index contributed by atoms with van der Waals surface area (Å²) in [5.41, 5.74) is 0. The molecule has 0 spiro atoms. The Morgan fingerprint density at radius 1 is 1.50 bits per heavy atom. The lowest BCUT2D eigenvalue weighted by molar-refractivity contribution is -0.144. The van der Waals surface area contributed by atoms with Gasteiger partial charge in [0.2, 0.25) is 0 Å². The van der Waals surface area contributed by atoms with Gasteiger partial charge < -0.3 is 4.74 Å². The Balaban J connectivity index is 3.52.